The normalized spacial score (nSPS) is 10.9. The van der Waals surface area contributed by atoms with Gasteiger partial charge in [-0.2, -0.15) is 19.0 Å². The SMILES string of the molecule is O=[C-]N[C@@H](CS)C(=O)O.[W]. The quantitative estimate of drug-likeness (QED) is 0.352. The Morgan fingerprint density at radius 3 is 2.40 bits per heavy atom. The maximum atomic E-state index is 10.0. The Labute approximate surface area is 78.0 Å². The van der Waals surface area contributed by atoms with Gasteiger partial charge < -0.3 is 15.2 Å². The van der Waals surface area contributed by atoms with Gasteiger partial charge in [-0.05, 0) is 0 Å². The molecule has 0 fully saturated rings. The molecule has 0 aromatic carbocycles. The molecule has 0 aliphatic rings. The smallest absolute Gasteiger partial charge is 0.324 e. The molecule has 4 nitrogen and oxygen atoms in total. The minimum Gasteiger partial charge on any atom is -0.520 e. The first-order chi connectivity index (χ1) is 4.22. The summed E-state index contributed by atoms with van der Waals surface area (Å²) in [4.78, 5) is 19.6. The fourth-order valence-corrected chi connectivity index (χ4v) is 0.504. The summed E-state index contributed by atoms with van der Waals surface area (Å²) in [5.74, 6) is -1.03. The van der Waals surface area contributed by atoms with Crippen LogP contribution in [-0.2, 0) is 30.7 Å². The molecule has 1 amide bonds. The van der Waals surface area contributed by atoms with E-state index in [-0.39, 0.29) is 26.8 Å². The molecule has 1 atom stereocenters. The van der Waals surface area contributed by atoms with Gasteiger partial charge in [-0.1, -0.05) is 0 Å². The van der Waals surface area contributed by atoms with E-state index < -0.39 is 12.0 Å². The van der Waals surface area contributed by atoms with Crippen molar-refractivity contribution in [3.8, 4) is 0 Å². The maximum absolute atomic E-state index is 10.0. The van der Waals surface area contributed by atoms with E-state index >= 15 is 0 Å². The first kappa shape index (κ1) is 12.6. The average molecular weight is 332 g/mol. The van der Waals surface area contributed by atoms with Crippen LogP contribution in [0.15, 0.2) is 0 Å². The molecule has 2 N–H and O–H groups in total. The molecule has 0 heterocycles. The fourth-order valence-electron chi connectivity index (χ4n) is 0.257. The van der Waals surface area contributed by atoms with Crippen molar-refractivity contribution in [1.29, 1.82) is 0 Å². The summed E-state index contributed by atoms with van der Waals surface area (Å²) < 4.78 is 0. The molecule has 0 radical (unpaired) electrons. The third-order valence-corrected chi connectivity index (χ3v) is 1.08. The van der Waals surface area contributed by atoms with Crippen molar-refractivity contribution in [2.75, 3.05) is 5.75 Å². The molecular weight excluding hydrogens is 326 g/mol. The second-order valence-electron chi connectivity index (χ2n) is 1.32. The third-order valence-electron chi connectivity index (χ3n) is 0.714. The molecule has 0 unspecified atom stereocenters. The van der Waals surface area contributed by atoms with Gasteiger partial charge in [-0.3, -0.25) is 4.79 Å². The average Bonchev–Trinajstić information content (AvgIpc) is 1.82. The van der Waals surface area contributed by atoms with Crippen molar-refractivity contribution < 1.29 is 35.8 Å². The van der Waals surface area contributed by atoms with Crippen LogP contribution < -0.4 is 5.32 Å². The summed E-state index contributed by atoms with van der Waals surface area (Å²) in [6, 6.07) is -0.925. The molecule has 0 aromatic rings. The van der Waals surface area contributed by atoms with Gasteiger partial charge >= 0.3 is 5.97 Å². The molecule has 0 aliphatic heterocycles. The molecule has 0 aromatic heterocycles. The monoisotopic (exact) mass is 332 g/mol. The number of carbonyl (C=O) groups excluding carboxylic acids is 1. The first-order valence-electron chi connectivity index (χ1n) is 2.18. The van der Waals surface area contributed by atoms with Gasteiger partial charge in [-0.25, -0.2) is 0 Å². The molecule has 0 aliphatic carbocycles. The van der Waals surface area contributed by atoms with Crippen LogP contribution in [0.25, 0.3) is 0 Å². The van der Waals surface area contributed by atoms with E-state index in [1.807, 2.05) is 5.32 Å². The predicted molar refractivity (Wildman–Crippen MR) is 34.1 cm³/mol. The number of amides is 1. The van der Waals surface area contributed by atoms with Crippen LogP contribution in [-0.4, -0.2) is 29.3 Å². The van der Waals surface area contributed by atoms with E-state index in [1.54, 1.807) is 0 Å². The predicted octanol–water partition coefficient (Wildman–Crippen LogP) is -0.976. The zero-order valence-electron chi connectivity index (χ0n) is 4.90. The van der Waals surface area contributed by atoms with Crippen LogP contribution in [0.4, 0.5) is 0 Å². The van der Waals surface area contributed by atoms with E-state index in [2.05, 4.69) is 12.6 Å². The second kappa shape index (κ2) is 7.09. The Kier molecular flexibility index (Phi) is 8.96. The van der Waals surface area contributed by atoms with Crippen LogP contribution in [0.3, 0.4) is 0 Å². The van der Waals surface area contributed by atoms with Gasteiger partial charge in [0.05, 0.1) is 0 Å². The molecule has 0 bridgehead atoms. The Bertz CT molecular complexity index is 121. The standard InChI is InChI=1S/C4H6NO3S.W/c6-2-5-3(1-9)4(7)8;/h3,9H,1H2,(H,5,6)(H,7,8);/q-1;/t3-;/m0./s1. The number of carboxylic acids is 1. The van der Waals surface area contributed by atoms with Gasteiger partial charge in [-0.15, -0.1) is 0 Å². The van der Waals surface area contributed by atoms with E-state index in [9.17, 15) is 9.59 Å². The number of hydrogen-bond donors (Lipinski definition) is 3. The first-order valence-corrected chi connectivity index (χ1v) is 2.82. The molecule has 0 spiro atoms. The summed E-state index contributed by atoms with van der Waals surface area (Å²) in [6.07, 6.45) is 1.27. The Morgan fingerprint density at radius 1 is 1.80 bits per heavy atom. The maximum Gasteiger partial charge on any atom is 0.324 e. The fraction of sp³-hybridized carbons (Fsp3) is 0.500. The minimum atomic E-state index is -1.10. The molecule has 10 heavy (non-hydrogen) atoms. The Morgan fingerprint density at radius 2 is 2.30 bits per heavy atom. The summed E-state index contributed by atoms with van der Waals surface area (Å²) in [6.45, 7) is 0. The number of carboxylic acid groups (broad SMARTS) is 1. The largest absolute Gasteiger partial charge is 0.520 e. The van der Waals surface area contributed by atoms with Gasteiger partial charge in [0, 0.05) is 26.8 Å². The van der Waals surface area contributed by atoms with Gasteiger partial charge in [0.2, 0.25) is 0 Å². The number of rotatable bonds is 4. The summed E-state index contributed by atoms with van der Waals surface area (Å²) in [5, 5.41) is 10.2. The Balaban J connectivity index is 0. The third kappa shape index (κ3) is 4.82. The minimum absolute atomic E-state index is 0. The number of thiol groups is 1. The number of nitrogens with one attached hydrogen (secondary N) is 1. The van der Waals surface area contributed by atoms with Crippen molar-refractivity contribution in [3.05, 3.63) is 0 Å². The van der Waals surface area contributed by atoms with Crippen molar-refractivity contribution in [1.82, 2.24) is 5.32 Å². The van der Waals surface area contributed by atoms with Crippen molar-refractivity contribution in [2.45, 2.75) is 6.04 Å². The molecule has 0 saturated carbocycles. The molecule has 6 heteroatoms. The topological polar surface area (TPSA) is 66.4 Å². The Hall–Kier alpha value is -0.0217. The van der Waals surface area contributed by atoms with E-state index in [0.29, 0.717) is 0 Å². The van der Waals surface area contributed by atoms with Crippen LogP contribution in [0, 0.1) is 0 Å². The van der Waals surface area contributed by atoms with Gasteiger partial charge in [0.25, 0.3) is 0 Å². The summed E-state index contributed by atoms with van der Waals surface area (Å²) >= 11 is 3.67. The van der Waals surface area contributed by atoms with Gasteiger partial charge in [0.1, 0.15) is 6.04 Å². The van der Waals surface area contributed by atoms with Crippen molar-refractivity contribution in [2.24, 2.45) is 0 Å². The number of carbonyl (C=O) groups is 1. The van der Waals surface area contributed by atoms with Crippen LogP contribution in [0.1, 0.15) is 0 Å². The molecule has 58 valence electrons. The van der Waals surface area contributed by atoms with Crippen molar-refractivity contribution >= 4 is 25.0 Å². The zero-order valence-corrected chi connectivity index (χ0v) is 8.73. The number of aliphatic carboxylic acids is 1. The van der Waals surface area contributed by atoms with Gasteiger partial charge in [0.15, 0.2) is 0 Å². The second-order valence-corrected chi connectivity index (χ2v) is 1.68. The van der Waals surface area contributed by atoms with Crippen LogP contribution in [0.2, 0.25) is 0 Å². The van der Waals surface area contributed by atoms with Crippen molar-refractivity contribution in [3.63, 3.8) is 0 Å². The zero-order chi connectivity index (χ0) is 7.28. The summed E-state index contributed by atoms with van der Waals surface area (Å²) in [7, 11) is 0. The molecule has 0 rings (SSSR count). The van der Waals surface area contributed by atoms with Crippen LogP contribution in [0.5, 0.6) is 0 Å². The van der Waals surface area contributed by atoms with E-state index in [4.69, 9.17) is 5.11 Å². The van der Waals surface area contributed by atoms with Crippen LogP contribution >= 0.6 is 12.6 Å². The number of hydrogen-bond acceptors (Lipinski definition) is 3. The summed E-state index contributed by atoms with van der Waals surface area (Å²) in [5.41, 5.74) is 0. The molecule has 0 saturated heterocycles. The van der Waals surface area contributed by atoms with E-state index in [1.165, 1.54) is 6.41 Å². The van der Waals surface area contributed by atoms with E-state index in [0.717, 1.165) is 0 Å². The molecular formula is C4H6NO3SW-.